The first-order valence-corrected chi connectivity index (χ1v) is 12.7. The van der Waals surface area contributed by atoms with Crippen molar-refractivity contribution in [3.8, 4) is 0 Å². The van der Waals surface area contributed by atoms with Crippen molar-refractivity contribution in [1.29, 1.82) is 0 Å². The van der Waals surface area contributed by atoms with Gasteiger partial charge in [0.2, 0.25) is 10.0 Å². The second-order valence-corrected chi connectivity index (χ2v) is 10.9. The number of hydrogen-bond acceptors (Lipinski definition) is 5. The fraction of sp³-hybridized carbons (Fsp3) is 0.455. The van der Waals surface area contributed by atoms with Crippen LogP contribution in [0.2, 0.25) is 5.02 Å². The Hall–Kier alpha value is -2.16. The highest BCUT2D eigenvalue weighted by atomic mass is 35.5. The zero-order valence-corrected chi connectivity index (χ0v) is 18.8. The van der Waals surface area contributed by atoms with Crippen molar-refractivity contribution < 1.29 is 8.42 Å². The number of benzene rings is 1. The molecular weight excluding hydrogens is 434 g/mol. The summed E-state index contributed by atoms with van der Waals surface area (Å²) in [5.74, 6) is 0.924. The van der Waals surface area contributed by atoms with E-state index in [4.69, 9.17) is 21.7 Å². The van der Waals surface area contributed by atoms with E-state index >= 15 is 0 Å². The summed E-state index contributed by atoms with van der Waals surface area (Å²) in [6, 6.07) is 6.60. The lowest BCUT2D eigenvalue weighted by molar-refractivity contribution is 0.160. The second-order valence-electron chi connectivity index (χ2n) is 8.89. The average molecular weight is 460 g/mol. The molecule has 0 aliphatic heterocycles. The third-order valence-corrected chi connectivity index (χ3v) is 8.06. The Labute approximate surface area is 187 Å². The van der Waals surface area contributed by atoms with Gasteiger partial charge in [0, 0.05) is 12.1 Å². The van der Waals surface area contributed by atoms with Gasteiger partial charge in [-0.1, -0.05) is 43.0 Å². The van der Waals surface area contributed by atoms with Gasteiger partial charge in [-0.05, 0) is 55.2 Å². The van der Waals surface area contributed by atoms with E-state index in [1.807, 2.05) is 0 Å². The highest BCUT2D eigenvalue weighted by Gasteiger charge is 2.37. The Morgan fingerprint density at radius 1 is 1.13 bits per heavy atom. The van der Waals surface area contributed by atoms with Crippen LogP contribution >= 0.6 is 11.6 Å². The molecule has 1 spiro atoms. The summed E-state index contributed by atoms with van der Waals surface area (Å²) in [6.45, 7) is 0.527. The summed E-state index contributed by atoms with van der Waals surface area (Å²) in [6.07, 6.45) is 11.3. The van der Waals surface area contributed by atoms with E-state index in [0.717, 1.165) is 29.9 Å². The molecular formula is C22H26ClN5O2S. The highest BCUT2D eigenvalue weighted by Crippen LogP contribution is 2.47. The minimum Gasteiger partial charge on any atom is -0.366 e. The molecule has 9 heteroatoms. The van der Waals surface area contributed by atoms with Gasteiger partial charge in [0.1, 0.15) is 10.8 Å². The Bertz CT molecular complexity index is 1230. The summed E-state index contributed by atoms with van der Waals surface area (Å²) in [7, 11) is -3.70. The summed E-state index contributed by atoms with van der Waals surface area (Å²) < 4.78 is 24.8. The summed E-state index contributed by atoms with van der Waals surface area (Å²) >= 11 is 6.40. The second kappa shape index (κ2) is 7.76. The van der Waals surface area contributed by atoms with Crippen LogP contribution in [-0.2, 0) is 29.4 Å². The molecule has 2 aromatic heterocycles. The fourth-order valence-electron chi connectivity index (χ4n) is 5.18. The first kappa shape index (κ1) is 20.7. The van der Waals surface area contributed by atoms with E-state index in [0.29, 0.717) is 22.6 Å². The van der Waals surface area contributed by atoms with Crippen molar-refractivity contribution in [1.82, 2.24) is 14.6 Å². The maximum Gasteiger partial charge on any atom is 0.238 e. The Kier molecular flexibility index (Phi) is 5.19. The van der Waals surface area contributed by atoms with Gasteiger partial charge in [0.25, 0.3) is 0 Å². The Morgan fingerprint density at radius 2 is 1.87 bits per heavy atom. The highest BCUT2D eigenvalue weighted by molar-refractivity contribution is 7.89. The lowest BCUT2D eigenvalue weighted by Gasteiger charge is -2.41. The number of nitrogens with zero attached hydrogens (tertiary/aromatic N) is 3. The van der Waals surface area contributed by atoms with Gasteiger partial charge in [0.15, 0.2) is 5.65 Å². The lowest BCUT2D eigenvalue weighted by atomic mass is 9.65. The van der Waals surface area contributed by atoms with Gasteiger partial charge in [0.05, 0.1) is 16.8 Å². The van der Waals surface area contributed by atoms with Crippen molar-refractivity contribution in [2.45, 2.75) is 62.8 Å². The largest absolute Gasteiger partial charge is 0.366 e. The summed E-state index contributed by atoms with van der Waals surface area (Å²) in [4.78, 5) is 5.04. The molecule has 2 heterocycles. The molecule has 2 aliphatic carbocycles. The van der Waals surface area contributed by atoms with E-state index < -0.39 is 10.0 Å². The lowest BCUT2D eigenvalue weighted by Crippen LogP contribution is -2.32. The van der Waals surface area contributed by atoms with Crippen LogP contribution in [-0.4, -0.2) is 23.0 Å². The number of fused-ring (bicyclic) bond motifs is 2. The number of nitrogens with two attached hydrogens (primary N) is 1. The summed E-state index contributed by atoms with van der Waals surface area (Å²) in [5.41, 5.74) is 4.35. The molecule has 0 radical (unpaired) electrons. The predicted molar refractivity (Wildman–Crippen MR) is 121 cm³/mol. The monoisotopic (exact) mass is 459 g/mol. The van der Waals surface area contributed by atoms with Crippen LogP contribution in [0.3, 0.4) is 0 Å². The van der Waals surface area contributed by atoms with Crippen LogP contribution < -0.4 is 10.5 Å². The Morgan fingerprint density at radius 3 is 2.58 bits per heavy atom. The normalized spacial score (nSPS) is 18.3. The topological polar surface area (TPSA) is 102 Å². The van der Waals surface area contributed by atoms with Crippen molar-refractivity contribution in [2.24, 2.45) is 10.6 Å². The van der Waals surface area contributed by atoms with Gasteiger partial charge in [-0.15, -0.1) is 0 Å². The maximum absolute atomic E-state index is 11.5. The first-order valence-electron chi connectivity index (χ1n) is 10.8. The van der Waals surface area contributed by atoms with Gasteiger partial charge in [-0.25, -0.2) is 18.5 Å². The van der Waals surface area contributed by atoms with Gasteiger partial charge >= 0.3 is 0 Å². The maximum atomic E-state index is 11.5. The number of aromatic nitrogens is 3. The number of hydrogen-bond donors (Lipinski definition) is 2. The zero-order chi connectivity index (χ0) is 21.6. The van der Waals surface area contributed by atoms with E-state index in [1.165, 1.54) is 56.2 Å². The number of rotatable bonds is 4. The third kappa shape index (κ3) is 3.92. The molecule has 164 valence electrons. The predicted octanol–water partition coefficient (Wildman–Crippen LogP) is 4.08. The van der Waals surface area contributed by atoms with Crippen LogP contribution in [0.1, 0.15) is 55.3 Å². The van der Waals surface area contributed by atoms with Crippen molar-refractivity contribution in [3.05, 3.63) is 52.3 Å². The number of sulfonamides is 1. The molecule has 1 saturated carbocycles. The molecule has 0 amide bonds. The molecule has 1 fully saturated rings. The molecule has 3 N–H and O–H groups in total. The van der Waals surface area contributed by atoms with Crippen LogP contribution in [0.15, 0.2) is 35.4 Å². The van der Waals surface area contributed by atoms with Crippen molar-refractivity contribution >= 4 is 33.1 Å². The molecule has 31 heavy (non-hydrogen) atoms. The average Bonchev–Trinajstić information content (AvgIpc) is 3.12. The number of primary sulfonamides is 1. The SMILES string of the molecule is NS(=O)(=O)c1ccc(CNc2c3c(nc4c(Cl)cnn24)CC2(CCCCC2)CC3)cc1. The van der Waals surface area contributed by atoms with Crippen molar-refractivity contribution in [2.75, 3.05) is 5.32 Å². The van der Waals surface area contributed by atoms with Gasteiger partial charge < -0.3 is 5.32 Å². The first-order chi connectivity index (χ1) is 14.8. The van der Waals surface area contributed by atoms with Gasteiger partial charge in [-0.2, -0.15) is 9.61 Å². The van der Waals surface area contributed by atoms with E-state index in [-0.39, 0.29) is 4.90 Å². The fourth-order valence-corrected chi connectivity index (χ4v) is 5.86. The molecule has 5 rings (SSSR count). The molecule has 0 unspecified atom stereocenters. The summed E-state index contributed by atoms with van der Waals surface area (Å²) in [5, 5.41) is 13.7. The standard InChI is InChI=1S/C22H26ClN5O2S/c23-18-14-26-28-20(25-13-15-4-6-16(7-5-15)31(24,29)30)17-8-11-22(9-2-1-3-10-22)12-19(17)27-21(18)28/h4-7,14,25H,1-3,8-13H2,(H2,24,29,30). The molecule has 3 aromatic rings. The van der Waals surface area contributed by atoms with E-state index in [2.05, 4.69) is 10.4 Å². The van der Waals surface area contributed by atoms with Gasteiger partial charge in [-0.3, -0.25) is 0 Å². The molecule has 7 nitrogen and oxygen atoms in total. The zero-order valence-electron chi connectivity index (χ0n) is 17.3. The molecule has 2 aliphatic rings. The van der Waals surface area contributed by atoms with Crippen molar-refractivity contribution in [3.63, 3.8) is 0 Å². The van der Waals surface area contributed by atoms with Crippen LogP contribution in [0.25, 0.3) is 5.65 Å². The quantitative estimate of drug-likeness (QED) is 0.611. The number of halogens is 1. The number of anilines is 1. The van der Waals surface area contributed by atoms with E-state index in [1.54, 1.807) is 22.8 Å². The Balaban J connectivity index is 1.47. The smallest absolute Gasteiger partial charge is 0.238 e. The third-order valence-electron chi connectivity index (χ3n) is 6.86. The molecule has 0 saturated heterocycles. The van der Waals surface area contributed by atoms with Crippen LogP contribution in [0.4, 0.5) is 5.82 Å². The molecule has 0 atom stereocenters. The minimum absolute atomic E-state index is 0.108. The van der Waals surface area contributed by atoms with E-state index in [9.17, 15) is 8.42 Å². The minimum atomic E-state index is -3.70. The van der Waals surface area contributed by atoms with Crippen LogP contribution in [0, 0.1) is 5.41 Å². The molecule has 1 aromatic carbocycles. The number of nitrogens with one attached hydrogen (secondary N) is 1. The molecule has 0 bridgehead atoms. The van der Waals surface area contributed by atoms with Crippen LogP contribution in [0.5, 0.6) is 0 Å².